The Kier molecular flexibility index (Phi) is 2.53. The van der Waals surface area contributed by atoms with Gasteiger partial charge in [0.25, 0.3) is 0 Å². The van der Waals surface area contributed by atoms with E-state index < -0.39 is 5.60 Å². The molecule has 2 heteroatoms. The second-order valence-electron chi connectivity index (χ2n) is 5.94. The van der Waals surface area contributed by atoms with Gasteiger partial charge in [-0.05, 0) is 25.0 Å². The van der Waals surface area contributed by atoms with Crippen LogP contribution in [0.15, 0.2) is 18.2 Å². The van der Waals surface area contributed by atoms with E-state index in [-0.39, 0.29) is 0 Å². The smallest absolute Gasteiger partial charge is 0.142 e. The van der Waals surface area contributed by atoms with Crippen molar-refractivity contribution in [3.63, 3.8) is 0 Å². The van der Waals surface area contributed by atoms with Crippen LogP contribution in [0.1, 0.15) is 29.5 Å². The number of hydrogen-bond donors (Lipinski definition) is 2. The number of quaternary nitrogens is 1. The molecular weight excluding hydrogens is 210 g/mol. The summed E-state index contributed by atoms with van der Waals surface area (Å²) >= 11 is 0. The lowest BCUT2D eigenvalue weighted by molar-refractivity contribution is -0.927. The minimum Gasteiger partial charge on any atom is -0.379 e. The highest BCUT2D eigenvalue weighted by atomic mass is 16.3. The Morgan fingerprint density at radius 3 is 2.47 bits per heavy atom. The zero-order valence-corrected chi connectivity index (χ0v) is 10.8. The Morgan fingerprint density at radius 2 is 1.94 bits per heavy atom. The van der Waals surface area contributed by atoms with Crippen LogP contribution in [0.5, 0.6) is 0 Å². The van der Waals surface area contributed by atoms with Crippen LogP contribution in [0.3, 0.4) is 0 Å². The molecule has 0 amide bonds. The van der Waals surface area contributed by atoms with Crippen LogP contribution in [0.25, 0.3) is 0 Å². The molecule has 0 aliphatic carbocycles. The predicted molar refractivity (Wildman–Crippen MR) is 68.1 cm³/mol. The number of aryl methyl sites for hydroxylation is 2. The molecule has 1 unspecified atom stereocenters. The number of rotatable bonds is 1. The van der Waals surface area contributed by atoms with Crippen LogP contribution >= 0.6 is 0 Å². The van der Waals surface area contributed by atoms with Crippen LogP contribution in [-0.4, -0.2) is 24.7 Å². The molecule has 92 valence electrons. The number of piperidine rings is 3. The van der Waals surface area contributed by atoms with Gasteiger partial charge in [0, 0.05) is 18.8 Å². The highest BCUT2D eigenvalue weighted by Crippen LogP contribution is 2.38. The lowest BCUT2D eigenvalue weighted by Gasteiger charge is -2.48. The van der Waals surface area contributed by atoms with E-state index in [1.807, 2.05) is 0 Å². The van der Waals surface area contributed by atoms with E-state index in [4.69, 9.17) is 0 Å². The lowest BCUT2D eigenvalue weighted by atomic mass is 9.70. The van der Waals surface area contributed by atoms with Crippen LogP contribution < -0.4 is 4.90 Å². The first-order chi connectivity index (χ1) is 8.09. The molecule has 0 saturated carbocycles. The molecule has 0 spiro atoms. The van der Waals surface area contributed by atoms with Crippen LogP contribution in [-0.2, 0) is 5.60 Å². The van der Waals surface area contributed by atoms with Gasteiger partial charge in [-0.25, -0.2) is 0 Å². The summed E-state index contributed by atoms with van der Waals surface area (Å²) in [7, 11) is 0. The normalized spacial score (nSPS) is 36.2. The van der Waals surface area contributed by atoms with Gasteiger partial charge in [0.1, 0.15) is 12.1 Å². The second kappa shape index (κ2) is 3.82. The molecule has 2 bridgehead atoms. The van der Waals surface area contributed by atoms with Crippen molar-refractivity contribution in [1.29, 1.82) is 0 Å². The van der Waals surface area contributed by atoms with Crippen LogP contribution in [0.4, 0.5) is 0 Å². The largest absolute Gasteiger partial charge is 0.379 e. The number of fused-ring (bicyclic) bond motifs is 3. The van der Waals surface area contributed by atoms with Crippen molar-refractivity contribution in [3.8, 4) is 0 Å². The molecule has 1 atom stereocenters. The van der Waals surface area contributed by atoms with Crippen LogP contribution in [0, 0.1) is 19.8 Å². The average molecular weight is 232 g/mol. The van der Waals surface area contributed by atoms with Gasteiger partial charge in [-0.15, -0.1) is 0 Å². The monoisotopic (exact) mass is 232 g/mol. The summed E-state index contributed by atoms with van der Waals surface area (Å²) in [6, 6.07) is 6.47. The molecule has 0 aromatic heterocycles. The molecule has 2 nitrogen and oxygen atoms in total. The van der Waals surface area contributed by atoms with Crippen molar-refractivity contribution in [1.82, 2.24) is 0 Å². The minimum absolute atomic E-state index is 0.474. The fraction of sp³-hybridized carbons (Fsp3) is 0.600. The first kappa shape index (κ1) is 11.2. The summed E-state index contributed by atoms with van der Waals surface area (Å²) in [6.45, 7) is 7.65. The molecule has 1 aromatic rings. The number of hydrogen-bond acceptors (Lipinski definition) is 1. The van der Waals surface area contributed by atoms with E-state index in [0.29, 0.717) is 5.92 Å². The highest BCUT2D eigenvalue weighted by molar-refractivity contribution is 5.35. The number of benzene rings is 1. The van der Waals surface area contributed by atoms with Gasteiger partial charge < -0.3 is 10.0 Å². The number of nitrogens with one attached hydrogen (secondary N) is 1. The second-order valence-corrected chi connectivity index (χ2v) is 5.94. The molecule has 0 radical (unpaired) electrons. The van der Waals surface area contributed by atoms with Crippen molar-refractivity contribution in [2.24, 2.45) is 5.92 Å². The first-order valence-electron chi connectivity index (χ1n) is 6.73. The summed E-state index contributed by atoms with van der Waals surface area (Å²) in [6.07, 6.45) is 2.36. The average Bonchev–Trinajstić information content (AvgIpc) is 2.29. The maximum Gasteiger partial charge on any atom is 0.142 e. The Hall–Kier alpha value is -0.860. The Balaban J connectivity index is 2.02. The summed E-state index contributed by atoms with van der Waals surface area (Å²) in [5, 5.41) is 11.1. The van der Waals surface area contributed by atoms with E-state index >= 15 is 0 Å². The van der Waals surface area contributed by atoms with E-state index in [1.165, 1.54) is 42.6 Å². The molecule has 3 heterocycles. The quantitative estimate of drug-likeness (QED) is 0.735. The minimum atomic E-state index is -0.566. The molecule has 1 aromatic carbocycles. The Labute approximate surface area is 103 Å². The van der Waals surface area contributed by atoms with E-state index in [0.717, 1.165) is 6.54 Å². The molecule has 3 fully saturated rings. The first-order valence-corrected chi connectivity index (χ1v) is 6.73. The summed E-state index contributed by atoms with van der Waals surface area (Å²) in [5.41, 5.74) is 3.14. The van der Waals surface area contributed by atoms with E-state index in [2.05, 4.69) is 32.0 Å². The van der Waals surface area contributed by atoms with Gasteiger partial charge >= 0.3 is 0 Å². The van der Waals surface area contributed by atoms with E-state index in [9.17, 15) is 5.11 Å². The van der Waals surface area contributed by atoms with Gasteiger partial charge in [-0.3, -0.25) is 0 Å². The van der Waals surface area contributed by atoms with Crippen molar-refractivity contribution in [2.75, 3.05) is 19.6 Å². The zero-order valence-electron chi connectivity index (χ0n) is 10.8. The molecule has 3 saturated heterocycles. The SMILES string of the molecule is Cc1ccc(C2(O)C[NH+]3CCC2CC3)c(C)c1. The topological polar surface area (TPSA) is 24.7 Å². The molecule has 17 heavy (non-hydrogen) atoms. The maximum atomic E-state index is 11.1. The summed E-state index contributed by atoms with van der Waals surface area (Å²) in [5.74, 6) is 0.474. The van der Waals surface area contributed by atoms with Crippen LogP contribution in [0.2, 0.25) is 0 Å². The zero-order chi connectivity index (χ0) is 12.0. The van der Waals surface area contributed by atoms with Gasteiger partial charge in [0.2, 0.25) is 0 Å². The van der Waals surface area contributed by atoms with Crippen molar-refractivity contribution in [3.05, 3.63) is 34.9 Å². The van der Waals surface area contributed by atoms with Gasteiger partial charge in [0.15, 0.2) is 0 Å². The molecular formula is C15H22NO+. The third kappa shape index (κ3) is 1.71. The van der Waals surface area contributed by atoms with Crippen molar-refractivity contribution in [2.45, 2.75) is 32.3 Å². The predicted octanol–water partition coefficient (Wildman–Crippen LogP) is 0.800. The Bertz CT molecular complexity index is 435. The summed E-state index contributed by atoms with van der Waals surface area (Å²) in [4.78, 5) is 1.58. The summed E-state index contributed by atoms with van der Waals surface area (Å²) < 4.78 is 0. The third-order valence-corrected chi connectivity index (χ3v) is 4.74. The van der Waals surface area contributed by atoms with Crippen molar-refractivity contribution >= 4 is 0 Å². The fourth-order valence-electron chi connectivity index (χ4n) is 3.82. The third-order valence-electron chi connectivity index (χ3n) is 4.74. The highest BCUT2D eigenvalue weighted by Gasteiger charge is 2.49. The Morgan fingerprint density at radius 1 is 1.24 bits per heavy atom. The van der Waals surface area contributed by atoms with Crippen molar-refractivity contribution < 1.29 is 10.0 Å². The number of aliphatic hydroxyl groups is 1. The lowest BCUT2D eigenvalue weighted by Crippen LogP contribution is -3.17. The molecule has 3 aliphatic heterocycles. The molecule has 4 rings (SSSR count). The molecule has 3 aliphatic rings. The standard InChI is InChI=1S/C15H21NO/c1-11-3-4-14(12(2)9-11)15(17)10-16-7-5-13(15)6-8-16/h3-4,9,13,17H,5-8,10H2,1-2H3/p+1. The van der Waals surface area contributed by atoms with Gasteiger partial charge in [0.05, 0.1) is 13.1 Å². The molecule has 2 N–H and O–H groups in total. The maximum absolute atomic E-state index is 11.1. The van der Waals surface area contributed by atoms with Gasteiger partial charge in [-0.2, -0.15) is 0 Å². The fourth-order valence-corrected chi connectivity index (χ4v) is 3.82. The van der Waals surface area contributed by atoms with Gasteiger partial charge in [-0.1, -0.05) is 23.8 Å². The van der Waals surface area contributed by atoms with E-state index in [1.54, 1.807) is 4.90 Å².